The van der Waals surface area contributed by atoms with Gasteiger partial charge in [0.15, 0.2) is 0 Å². The van der Waals surface area contributed by atoms with Crippen LogP contribution in [-0.2, 0) is 4.74 Å². The third-order valence-corrected chi connectivity index (χ3v) is 3.19. The number of benzene rings is 1. The van der Waals surface area contributed by atoms with E-state index in [-0.39, 0.29) is 6.04 Å². The summed E-state index contributed by atoms with van der Waals surface area (Å²) in [7, 11) is 0. The fourth-order valence-corrected chi connectivity index (χ4v) is 2.14. The molecule has 0 aliphatic carbocycles. The number of ether oxygens (including phenoxy) is 2. The molecule has 2 atom stereocenters. The molecule has 0 amide bonds. The van der Waals surface area contributed by atoms with Crippen molar-refractivity contribution >= 4 is 0 Å². The lowest BCUT2D eigenvalue weighted by molar-refractivity contribution is 0.181. The molecule has 2 rings (SSSR count). The molecule has 0 aromatic heterocycles. The molecule has 0 saturated carbocycles. The van der Waals surface area contributed by atoms with E-state index in [9.17, 15) is 0 Å². The molecule has 0 spiro atoms. The molecule has 0 radical (unpaired) electrons. The van der Waals surface area contributed by atoms with Crippen molar-refractivity contribution < 1.29 is 9.47 Å². The summed E-state index contributed by atoms with van der Waals surface area (Å²) in [5.74, 6) is 1.36. The highest BCUT2D eigenvalue weighted by atomic mass is 16.5. The molecular weight excluding hydrogens is 214 g/mol. The highest BCUT2D eigenvalue weighted by Crippen LogP contribution is 2.28. The zero-order valence-electron chi connectivity index (χ0n) is 10.4. The highest BCUT2D eigenvalue weighted by molar-refractivity contribution is 5.30. The Bertz CT molecular complexity index is 348. The first-order valence-corrected chi connectivity index (χ1v) is 6.37. The van der Waals surface area contributed by atoms with Gasteiger partial charge in [0.25, 0.3) is 0 Å². The normalized spacial score (nSPS) is 21.4. The maximum Gasteiger partial charge on any atom is 0.119 e. The minimum atomic E-state index is 0.0580. The molecule has 3 nitrogen and oxygen atoms in total. The number of rotatable bonds is 5. The predicted octanol–water partition coefficient (Wildman–Crippen LogP) is 2.51. The summed E-state index contributed by atoms with van der Waals surface area (Å²) in [5, 5.41) is 0. The van der Waals surface area contributed by atoms with E-state index >= 15 is 0 Å². The van der Waals surface area contributed by atoms with Crippen molar-refractivity contribution in [2.75, 3.05) is 19.8 Å². The molecule has 3 heteroatoms. The van der Waals surface area contributed by atoms with E-state index in [1.165, 1.54) is 0 Å². The lowest BCUT2D eigenvalue weighted by atomic mass is 9.93. The van der Waals surface area contributed by atoms with Gasteiger partial charge in [-0.15, -0.1) is 0 Å². The SMILES string of the molecule is CCCOc1cccc(C(N)C2CCOC2)c1. The van der Waals surface area contributed by atoms with Crippen molar-refractivity contribution in [1.29, 1.82) is 0 Å². The minimum absolute atomic E-state index is 0.0580. The van der Waals surface area contributed by atoms with Crippen LogP contribution < -0.4 is 10.5 Å². The Labute approximate surface area is 103 Å². The van der Waals surface area contributed by atoms with Crippen LogP contribution in [-0.4, -0.2) is 19.8 Å². The van der Waals surface area contributed by atoms with Gasteiger partial charge in [0.1, 0.15) is 5.75 Å². The van der Waals surface area contributed by atoms with Gasteiger partial charge >= 0.3 is 0 Å². The van der Waals surface area contributed by atoms with E-state index in [1.54, 1.807) is 0 Å². The Morgan fingerprint density at radius 2 is 2.41 bits per heavy atom. The molecule has 1 fully saturated rings. The summed E-state index contributed by atoms with van der Waals surface area (Å²) in [6.07, 6.45) is 2.08. The maximum absolute atomic E-state index is 6.26. The fourth-order valence-electron chi connectivity index (χ4n) is 2.14. The van der Waals surface area contributed by atoms with E-state index in [0.717, 1.165) is 44.0 Å². The molecule has 1 aliphatic heterocycles. The molecule has 1 heterocycles. The second-order valence-electron chi connectivity index (χ2n) is 4.57. The van der Waals surface area contributed by atoms with Gasteiger partial charge < -0.3 is 15.2 Å². The molecule has 2 unspecified atom stereocenters. The van der Waals surface area contributed by atoms with Crippen LogP contribution in [0.15, 0.2) is 24.3 Å². The van der Waals surface area contributed by atoms with Gasteiger partial charge in [0.2, 0.25) is 0 Å². The van der Waals surface area contributed by atoms with Gasteiger partial charge in [-0.2, -0.15) is 0 Å². The topological polar surface area (TPSA) is 44.5 Å². The summed E-state index contributed by atoms with van der Waals surface area (Å²) in [6.45, 7) is 4.47. The zero-order chi connectivity index (χ0) is 12.1. The lowest BCUT2D eigenvalue weighted by Gasteiger charge is -2.18. The third kappa shape index (κ3) is 3.20. The number of hydrogen-bond donors (Lipinski definition) is 1. The molecule has 0 bridgehead atoms. The van der Waals surface area contributed by atoms with E-state index in [0.29, 0.717) is 5.92 Å². The first-order chi connectivity index (χ1) is 8.31. The van der Waals surface area contributed by atoms with Crippen LogP contribution >= 0.6 is 0 Å². The first kappa shape index (κ1) is 12.4. The lowest BCUT2D eigenvalue weighted by Crippen LogP contribution is -2.21. The Balaban J connectivity index is 2.03. The molecule has 2 N–H and O–H groups in total. The van der Waals surface area contributed by atoms with Crippen molar-refractivity contribution in [2.45, 2.75) is 25.8 Å². The van der Waals surface area contributed by atoms with Crippen LogP contribution in [0.3, 0.4) is 0 Å². The van der Waals surface area contributed by atoms with Crippen LogP contribution in [0, 0.1) is 5.92 Å². The molecule has 17 heavy (non-hydrogen) atoms. The molecule has 1 aromatic rings. The van der Waals surface area contributed by atoms with Gasteiger partial charge in [-0.3, -0.25) is 0 Å². The predicted molar refractivity (Wildman–Crippen MR) is 68.1 cm³/mol. The zero-order valence-corrected chi connectivity index (χ0v) is 10.4. The van der Waals surface area contributed by atoms with Crippen LogP contribution in [0.2, 0.25) is 0 Å². The Hall–Kier alpha value is -1.06. The summed E-state index contributed by atoms with van der Waals surface area (Å²) >= 11 is 0. The van der Waals surface area contributed by atoms with E-state index in [1.807, 2.05) is 12.1 Å². The van der Waals surface area contributed by atoms with Crippen molar-refractivity contribution in [3.63, 3.8) is 0 Å². The van der Waals surface area contributed by atoms with Crippen molar-refractivity contribution in [1.82, 2.24) is 0 Å². The van der Waals surface area contributed by atoms with Gasteiger partial charge in [-0.25, -0.2) is 0 Å². The Morgan fingerprint density at radius 3 is 3.12 bits per heavy atom. The third-order valence-electron chi connectivity index (χ3n) is 3.19. The summed E-state index contributed by atoms with van der Waals surface area (Å²) in [6, 6.07) is 8.18. The van der Waals surface area contributed by atoms with Crippen LogP contribution in [0.1, 0.15) is 31.4 Å². The Morgan fingerprint density at radius 1 is 1.53 bits per heavy atom. The first-order valence-electron chi connectivity index (χ1n) is 6.37. The molecule has 1 aliphatic rings. The van der Waals surface area contributed by atoms with E-state index in [2.05, 4.69) is 19.1 Å². The van der Waals surface area contributed by atoms with E-state index < -0.39 is 0 Å². The smallest absolute Gasteiger partial charge is 0.119 e. The molecule has 94 valence electrons. The Kier molecular flexibility index (Phi) is 4.40. The van der Waals surface area contributed by atoms with Crippen molar-refractivity contribution in [3.8, 4) is 5.75 Å². The van der Waals surface area contributed by atoms with E-state index in [4.69, 9.17) is 15.2 Å². The van der Waals surface area contributed by atoms with Crippen LogP contribution in [0.4, 0.5) is 0 Å². The minimum Gasteiger partial charge on any atom is -0.494 e. The summed E-state index contributed by atoms with van der Waals surface area (Å²) < 4.78 is 11.0. The number of nitrogens with two attached hydrogens (primary N) is 1. The monoisotopic (exact) mass is 235 g/mol. The quantitative estimate of drug-likeness (QED) is 0.853. The summed E-state index contributed by atoms with van der Waals surface area (Å²) in [4.78, 5) is 0. The second-order valence-corrected chi connectivity index (χ2v) is 4.57. The maximum atomic E-state index is 6.26. The molecular formula is C14H21NO2. The highest BCUT2D eigenvalue weighted by Gasteiger charge is 2.24. The second kappa shape index (κ2) is 6.03. The van der Waals surface area contributed by atoms with Crippen LogP contribution in [0.5, 0.6) is 5.75 Å². The molecule has 1 saturated heterocycles. The van der Waals surface area contributed by atoms with Gasteiger partial charge in [-0.05, 0) is 30.5 Å². The van der Waals surface area contributed by atoms with Gasteiger partial charge in [0.05, 0.1) is 13.2 Å². The van der Waals surface area contributed by atoms with Crippen LogP contribution in [0.25, 0.3) is 0 Å². The largest absolute Gasteiger partial charge is 0.494 e. The van der Waals surface area contributed by atoms with Crippen molar-refractivity contribution in [2.24, 2.45) is 11.7 Å². The van der Waals surface area contributed by atoms with Gasteiger partial charge in [-0.1, -0.05) is 19.1 Å². The molecule has 1 aromatic carbocycles. The average Bonchev–Trinajstić information content (AvgIpc) is 2.89. The van der Waals surface area contributed by atoms with Crippen molar-refractivity contribution in [3.05, 3.63) is 29.8 Å². The number of hydrogen-bond acceptors (Lipinski definition) is 3. The fraction of sp³-hybridized carbons (Fsp3) is 0.571. The van der Waals surface area contributed by atoms with Gasteiger partial charge in [0, 0.05) is 18.6 Å². The summed E-state index contributed by atoms with van der Waals surface area (Å²) in [5.41, 5.74) is 7.41. The standard InChI is InChI=1S/C14H21NO2/c1-2-7-17-13-5-3-4-11(9-13)14(15)12-6-8-16-10-12/h3-5,9,12,14H,2,6-8,10,15H2,1H3. The average molecular weight is 235 g/mol.